The quantitative estimate of drug-likeness (QED) is 0.152. The van der Waals surface area contributed by atoms with E-state index in [4.69, 9.17) is 19.9 Å². The lowest BCUT2D eigenvalue weighted by atomic mass is 9.98. The number of aromatic nitrogens is 8. The molecule has 17 rings (SSSR count). The predicted molar refractivity (Wildman–Crippen MR) is 337 cm³/mol. The number of nitrogens with zero attached hydrogens (tertiary/aromatic N) is 8. The molecule has 0 saturated heterocycles. The molecule has 0 aliphatic carbocycles. The maximum atomic E-state index is 10.2. The van der Waals surface area contributed by atoms with Gasteiger partial charge in [-0.15, -0.1) is 0 Å². The maximum absolute atomic E-state index is 10.2. The smallest absolute Gasteiger partial charge is 0.165 e. The highest BCUT2D eigenvalue weighted by Crippen LogP contribution is 2.49. The van der Waals surface area contributed by atoms with Crippen molar-refractivity contribution in [2.75, 3.05) is 0 Å². The average molecular weight is 1080 g/mol. The van der Waals surface area contributed by atoms with Crippen LogP contribution in [-0.4, -0.2) is 38.2 Å². The van der Waals surface area contributed by atoms with Gasteiger partial charge in [0, 0.05) is 65.3 Å². The Kier molecular flexibility index (Phi) is 5.41. The molecule has 6 heterocycles. The van der Waals surface area contributed by atoms with Gasteiger partial charge in [-0.3, -0.25) is 9.13 Å². The molecule has 82 heavy (non-hydrogen) atoms. The summed E-state index contributed by atoms with van der Waals surface area (Å²) >= 11 is 0. The van der Waals surface area contributed by atoms with E-state index in [0.717, 1.165) is 18.3 Å². The molecule has 0 bridgehead atoms. The van der Waals surface area contributed by atoms with Gasteiger partial charge in [-0.05, 0) is 53.9 Å². The Hall–Kier alpha value is -11.2. The third-order valence-corrected chi connectivity index (χ3v) is 14.2. The van der Waals surface area contributed by atoms with Gasteiger partial charge in [-0.25, -0.2) is 19.9 Å². The van der Waals surface area contributed by atoms with Crippen molar-refractivity contribution in [2.45, 2.75) is 0 Å². The topological polar surface area (TPSA) is 71.3 Å². The molecular formula is C74H46N8. The standard InChI is InChI=1S/C74H46N8/c1-3-23-48(24-4-1)70-75-71(49-25-5-2-6-26-49)77-72(76-70)50-45-43-47(44-46-50)67-68(79-59-35-15-7-27-51(59)52-28-8-16-36-60(52)79)73(81-63-39-19-11-31-55(63)56-32-12-20-40-64(56)81)78-74(82-65-41-21-13-33-57(65)58-34-14-22-42-66(58)82)69(67)80-61-37-17-9-29-53(61)54-30-10-18-38-62(54)80/h1-46H/i7D,8D,9D,10D,11D,12D,13D,14D,15D,16D,17D,18D,19D,20D,21D,22D,27D,28D,29D,30D,31D,32D,33D,34D,35D,36D,37D,38D,39D,40D,41D,42D. The van der Waals surface area contributed by atoms with Crippen molar-refractivity contribution < 1.29 is 43.9 Å². The fourth-order valence-electron chi connectivity index (χ4n) is 10.8. The zero-order valence-corrected chi connectivity index (χ0v) is 41.7. The molecule has 6 aromatic heterocycles. The summed E-state index contributed by atoms with van der Waals surface area (Å²) in [6, 6.07) is -9.25. The fraction of sp³-hybridized carbons (Fsp3) is 0. The second-order valence-corrected chi connectivity index (χ2v) is 18.6. The van der Waals surface area contributed by atoms with Gasteiger partial charge in [0.15, 0.2) is 29.1 Å². The first-order valence-electron chi connectivity index (χ1n) is 41.1. The molecule has 0 fully saturated rings. The zero-order chi connectivity index (χ0) is 81.7. The zero-order valence-electron chi connectivity index (χ0n) is 73.7. The van der Waals surface area contributed by atoms with Crippen molar-refractivity contribution in [1.82, 2.24) is 38.2 Å². The molecular weight excluding hydrogens is 1000 g/mol. The average Bonchev–Trinajstić information content (AvgIpc) is 1.51. The summed E-state index contributed by atoms with van der Waals surface area (Å²) < 4.78 is 312. The minimum absolute atomic E-state index is 0.0308. The van der Waals surface area contributed by atoms with E-state index in [2.05, 4.69) is 0 Å². The van der Waals surface area contributed by atoms with Gasteiger partial charge < -0.3 is 9.13 Å². The van der Waals surface area contributed by atoms with E-state index >= 15 is 0 Å². The van der Waals surface area contributed by atoms with Crippen LogP contribution in [0.3, 0.4) is 0 Å². The summed E-state index contributed by atoms with van der Waals surface area (Å²) in [5.41, 5.74) is -8.01. The first-order valence-corrected chi connectivity index (χ1v) is 25.1. The minimum atomic E-state index is -1.05. The largest absolute Gasteiger partial charge is 0.305 e. The van der Waals surface area contributed by atoms with Crippen LogP contribution in [0.2, 0.25) is 0 Å². The Bertz CT molecular complexity index is 6650. The molecule has 0 spiro atoms. The molecule has 0 radical (unpaired) electrons. The van der Waals surface area contributed by atoms with Crippen molar-refractivity contribution in [3.8, 4) is 68.3 Å². The number of rotatable bonds is 8. The Labute approximate surface area is 515 Å². The van der Waals surface area contributed by atoms with Crippen LogP contribution in [0.15, 0.2) is 278 Å². The highest BCUT2D eigenvalue weighted by molar-refractivity contribution is 6.16. The van der Waals surface area contributed by atoms with Crippen LogP contribution in [0.5, 0.6) is 0 Å². The molecule has 0 N–H and O–H groups in total. The number of para-hydroxylation sites is 8. The maximum Gasteiger partial charge on any atom is 0.165 e. The predicted octanol–water partition coefficient (Wildman–Crippen LogP) is 18.3. The molecule has 0 atom stereocenters. The molecule has 8 nitrogen and oxygen atoms in total. The summed E-state index contributed by atoms with van der Waals surface area (Å²) in [4.78, 5) is 20.2. The lowest BCUT2D eigenvalue weighted by Crippen LogP contribution is -2.16. The first kappa shape index (κ1) is 24.4. The second-order valence-electron chi connectivity index (χ2n) is 18.6. The Morgan fingerprint density at radius 1 is 0.232 bits per heavy atom. The number of benzene rings is 11. The van der Waals surface area contributed by atoms with Crippen LogP contribution in [0, 0.1) is 0 Å². The second kappa shape index (κ2) is 18.2. The number of pyridine rings is 1. The van der Waals surface area contributed by atoms with Crippen LogP contribution < -0.4 is 0 Å². The summed E-state index contributed by atoms with van der Waals surface area (Å²) in [6.45, 7) is 0. The summed E-state index contributed by atoms with van der Waals surface area (Å²) in [7, 11) is 0. The van der Waals surface area contributed by atoms with Gasteiger partial charge >= 0.3 is 0 Å². The summed E-state index contributed by atoms with van der Waals surface area (Å²) in [6.07, 6.45) is 0. The van der Waals surface area contributed by atoms with Crippen molar-refractivity contribution in [1.29, 1.82) is 0 Å². The lowest BCUT2D eigenvalue weighted by Gasteiger charge is -2.27. The summed E-state index contributed by atoms with van der Waals surface area (Å²) in [5, 5.41) is -5.35. The molecule has 0 unspecified atom stereocenters. The van der Waals surface area contributed by atoms with E-state index < -0.39 is 309 Å². The summed E-state index contributed by atoms with van der Waals surface area (Å²) in [5.74, 6) is -1.78. The normalized spacial score (nSPS) is 17.4. The van der Waals surface area contributed by atoms with E-state index in [1.54, 1.807) is 60.7 Å². The van der Waals surface area contributed by atoms with Gasteiger partial charge in [0.1, 0.15) is 11.4 Å². The number of hydrogen-bond donors (Lipinski definition) is 0. The lowest BCUT2D eigenvalue weighted by molar-refractivity contribution is 0.961. The highest BCUT2D eigenvalue weighted by Gasteiger charge is 2.32. The van der Waals surface area contributed by atoms with E-state index in [0.29, 0.717) is 11.1 Å². The fourth-order valence-corrected chi connectivity index (χ4v) is 10.8. The Morgan fingerprint density at radius 2 is 0.463 bits per heavy atom. The molecule has 8 heteroatoms. The van der Waals surface area contributed by atoms with Gasteiger partial charge in [0.2, 0.25) is 0 Å². The monoisotopic (exact) mass is 1080 g/mol. The van der Waals surface area contributed by atoms with E-state index in [1.807, 2.05) is 0 Å². The van der Waals surface area contributed by atoms with E-state index in [-0.39, 0.29) is 28.6 Å². The Morgan fingerprint density at radius 3 is 0.744 bits per heavy atom. The third kappa shape index (κ3) is 6.85. The van der Waals surface area contributed by atoms with E-state index in [9.17, 15) is 43.9 Å². The van der Waals surface area contributed by atoms with Crippen LogP contribution >= 0.6 is 0 Å². The molecule has 0 saturated carbocycles. The van der Waals surface area contributed by atoms with Crippen LogP contribution in [-0.2, 0) is 0 Å². The SMILES string of the molecule is [2H]c1c([2H])c([2H])c2c(c1[2H])c1c([2H])c([2H])c([2H])c([2H])c1n2-c1nc(-n2c3c([2H])c([2H])c([2H])c([2H])c3c3c([2H])c([2H])c([2H])c([2H])c32)c(-n2c3c([2H])c([2H])c([2H])c([2H])c3c3c([2H])c([2H])c([2H])c([2H])c32)c(-c2ccc(-c3nc(-c4ccccc4)nc(-c4ccccc4)n3)cc2)c1-n1c2c([2H])c([2H])c([2H])c([2H])c2c2c([2H])c([2H])c([2H])c([2H])c21. The van der Waals surface area contributed by atoms with Gasteiger partial charge in [0.25, 0.3) is 0 Å². The van der Waals surface area contributed by atoms with Crippen LogP contribution in [0.1, 0.15) is 43.9 Å². The van der Waals surface area contributed by atoms with E-state index in [1.165, 1.54) is 24.3 Å². The van der Waals surface area contributed by atoms with Gasteiger partial charge in [0.05, 0.1) is 88.0 Å². The van der Waals surface area contributed by atoms with Crippen molar-refractivity contribution >= 4 is 87.2 Å². The van der Waals surface area contributed by atoms with Gasteiger partial charge in [-0.1, -0.05) is 230 Å². The van der Waals surface area contributed by atoms with Crippen LogP contribution in [0.25, 0.3) is 156 Å². The number of fused-ring (bicyclic) bond motifs is 12. The highest BCUT2D eigenvalue weighted by atomic mass is 15.2. The molecule has 17 aromatic rings. The third-order valence-electron chi connectivity index (χ3n) is 14.2. The van der Waals surface area contributed by atoms with Gasteiger partial charge in [-0.2, -0.15) is 0 Å². The molecule has 0 amide bonds. The van der Waals surface area contributed by atoms with Crippen LogP contribution in [0.4, 0.5) is 0 Å². The van der Waals surface area contributed by atoms with Crippen molar-refractivity contribution in [3.05, 3.63) is 278 Å². The van der Waals surface area contributed by atoms with Crippen molar-refractivity contribution in [2.24, 2.45) is 0 Å². The molecule has 0 aliphatic rings. The molecule has 382 valence electrons. The number of hydrogen-bond acceptors (Lipinski definition) is 4. The first-order chi connectivity index (χ1) is 54.0. The molecule has 0 aliphatic heterocycles. The Balaban J connectivity index is 1.27. The minimum Gasteiger partial charge on any atom is -0.305 e. The molecule has 11 aromatic carbocycles. The van der Waals surface area contributed by atoms with Crippen molar-refractivity contribution in [3.63, 3.8) is 0 Å².